The lowest BCUT2D eigenvalue weighted by Gasteiger charge is -2.06. The minimum Gasteiger partial charge on any atom is -0.493 e. The molecule has 1 aliphatic heterocycles. The second-order valence-corrected chi connectivity index (χ2v) is 4.77. The van der Waals surface area contributed by atoms with Crippen LogP contribution in [0.1, 0.15) is 11.1 Å². The summed E-state index contributed by atoms with van der Waals surface area (Å²) < 4.78 is 18.2. The Morgan fingerprint density at radius 3 is 2.80 bits per heavy atom. The van der Waals surface area contributed by atoms with E-state index < -0.39 is 0 Å². The van der Waals surface area contributed by atoms with Gasteiger partial charge in [0.1, 0.15) is 11.6 Å². The Morgan fingerprint density at radius 1 is 1.20 bits per heavy atom. The highest BCUT2D eigenvalue weighted by atomic mass is 19.1. The fourth-order valence-electron chi connectivity index (χ4n) is 2.27. The maximum absolute atomic E-state index is 12.8. The molecule has 1 heterocycles. The molecule has 0 aromatic heterocycles. The van der Waals surface area contributed by atoms with Crippen LogP contribution in [-0.4, -0.2) is 12.5 Å². The Hall–Kier alpha value is -2.36. The summed E-state index contributed by atoms with van der Waals surface area (Å²) >= 11 is 0. The van der Waals surface area contributed by atoms with Crippen molar-refractivity contribution in [1.29, 1.82) is 0 Å². The van der Waals surface area contributed by atoms with Gasteiger partial charge in [-0.05, 0) is 41.5 Å². The van der Waals surface area contributed by atoms with Gasteiger partial charge in [-0.2, -0.15) is 0 Å². The molecule has 2 aromatic carbocycles. The van der Waals surface area contributed by atoms with Gasteiger partial charge < -0.3 is 10.1 Å². The van der Waals surface area contributed by atoms with Crippen LogP contribution in [0.3, 0.4) is 0 Å². The summed E-state index contributed by atoms with van der Waals surface area (Å²) in [4.78, 5) is 11.9. The first-order chi connectivity index (χ1) is 9.70. The van der Waals surface area contributed by atoms with Crippen molar-refractivity contribution in [3.8, 4) is 5.75 Å². The summed E-state index contributed by atoms with van der Waals surface area (Å²) in [5, 5.41) is 2.75. The first-order valence-corrected chi connectivity index (χ1v) is 6.51. The molecule has 0 saturated heterocycles. The molecule has 0 saturated carbocycles. The summed E-state index contributed by atoms with van der Waals surface area (Å²) in [5.74, 6) is 0.477. The van der Waals surface area contributed by atoms with E-state index in [0.29, 0.717) is 18.7 Å². The molecule has 102 valence electrons. The van der Waals surface area contributed by atoms with Crippen molar-refractivity contribution < 1.29 is 13.9 Å². The third-order valence-corrected chi connectivity index (χ3v) is 3.25. The highest BCUT2D eigenvalue weighted by Crippen LogP contribution is 2.26. The van der Waals surface area contributed by atoms with Crippen molar-refractivity contribution in [2.75, 3.05) is 11.9 Å². The molecule has 4 heteroatoms. The van der Waals surface area contributed by atoms with Gasteiger partial charge in [-0.1, -0.05) is 12.1 Å². The summed E-state index contributed by atoms with van der Waals surface area (Å²) in [7, 11) is 0. The molecule has 0 spiro atoms. The Bertz CT molecular complexity index is 637. The largest absolute Gasteiger partial charge is 0.493 e. The predicted molar refractivity (Wildman–Crippen MR) is 74.4 cm³/mol. The first-order valence-electron chi connectivity index (χ1n) is 6.51. The lowest BCUT2D eigenvalue weighted by molar-refractivity contribution is -0.115. The van der Waals surface area contributed by atoms with Gasteiger partial charge in [0.15, 0.2) is 0 Å². The number of benzene rings is 2. The zero-order valence-corrected chi connectivity index (χ0v) is 10.9. The van der Waals surface area contributed by atoms with Crippen molar-refractivity contribution in [3.63, 3.8) is 0 Å². The summed E-state index contributed by atoms with van der Waals surface area (Å²) in [6.45, 7) is 0.709. The number of fused-ring (bicyclic) bond motifs is 1. The van der Waals surface area contributed by atoms with Crippen LogP contribution in [-0.2, 0) is 17.6 Å². The zero-order chi connectivity index (χ0) is 13.9. The van der Waals surface area contributed by atoms with Crippen molar-refractivity contribution in [2.24, 2.45) is 0 Å². The van der Waals surface area contributed by atoms with Crippen LogP contribution < -0.4 is 10.1 Å². The molecular formula is C16H14FNO2. The summed E-state index contributed by atoms with van der Waals surface area (Å²) in [6.07, 6.45) is 1.19. The number of hydrogen-bond donors (Lipinski definition) is 1. The molecule has 2 aromatic rings. The highest BCUT2D eigenvalue weighted by molar-refractivity contribution is 5.92. The maximum Gasteiger partial charge on any atom is 0.228 e. The molecule has 0 aliphatic carbocycles. The van der Waals surface area contributed by atoms with Gasteiger partial charge in [-0.3, -0.25) is 4.79 Å². The quantitative estimate of drug-likeness (QED) is 0.932. The first kappa shape index (κ1) is 12.7. The van der Waals surface area contributed by atoms with Crippen LogP contribution in [0.2, 0.25) is 0 Å². The van der Waals surface area contributed by atoms with Crippen molar-refractivity contribution in [3.05, 3.63) is 59.4 Å². The van der Waals surface area contributed by atoms with E-state index in [2.05, 4.69) is 5.32 Å². The third-order valence-electron chi connectivity index (χ3n) is 3.25. The van der Waals surface area contributed by atoms with Crippen molar-refractivity contribution in [2.45, 2.75) is 12.8 Å². The van der Waals surface area contributed by atoms with Gasteiger partial charge in [-0.25, -0.2) is 4.39 Å². The Morgan fingerprint density at radius 2 is 2.00 bits per heavy atom. The molecule has 1 aliphatic rings. The van der Waals surface area contributed by atoms with Gasteiger partial charge in [0.2, 0.25) is 5.91 Å². The smallest absolute Gasteiger partial charge is 0.228 e. The zero-order valence-electron chi connectivity index (χ0n) is 10.9. The van der Waals surface area contributed by atoms with Crippen LogP contribution in [0.15, 0.2) is 42.5 Å². The minimum atomic E-state index is -0.318. The molecule has 0 bridgehead atoms. The average molecular weight is 271 g/mol. The van der Waals surface area contributed by atoms with E-state index in [0.717, 1.165) is 23.3 Å². The summed E-state index contributed by atoms with van der Waals surface area (Å²) in [6, 6.07) is 11.5. The number of halogens is 1. The topological polar surface area (TPSA) is 38.3 Å². The average Bonchev–Trinajstić information content (AvgIpc) is 2.89. The summed E-state index contributed by atoms with van der Waals surface area (Å²) in [5.41, 5.74) is 2.70. The molecule has 1 N–H and O–H groups in total. The fraction of sp³-hybridized carbons (Fsp3) is 0.188. The molecule has 0 unspecified atom stereocenters. The maximum atomic E-state index is 12.8. The van der Waals surface area contributed by atoms with E-state index in [1.165, 1.54) is 12.1 Å². The van der Waals surface area contributed by atoms with Crippen LogP contribution in [0.5, 0.6) is 5.75 Å². The lowest BCUT2D eigenvalue weighted by Crippen LogP contribution is -2.14. The molecule has 20 heavy (non-hydrogen) atoms. The minimum absolute atomic E-state index is 0.115. The van der Waals surface area contributed by atoms with Gasteiger partial charge in [0.05, 0.1) is 13.0 Å². The van der Waals surface area contributed by atoms with E-state index in [-0.39, 0.29) is 11.7 Å². The van der Waals surface area contributed by atoms with Crippen LogP contribution in [0.25, 0.3) is 0 Å². The van der Waals surface area contributed by atoms with E-state index in [1.54, 1.807) is 12.1 Å². The third kappa shape index (κ3) is 2.79. The van der Waals surface area contributed by atoms with Crippen molar-refractivity contribution in [1.82, 2.24) is 0 Å². The number of carbonyl (C=O) groups excluding carboxylic acids is 1. The van der Waals surface area contributed by atoms with Gasteiger partial charge in [0.25, 0.3) is 0 Å². The molecule has 3 rings (SSSR count). The predicted octanol–water partition coefficient (Wildman–Crippen LogP) is 2.94. The SMILES string of the molecule is O=C(Cc1ccc2c(c1)CCO2)Nc1ccc(F)cc1. The number of carbonyl (C=O) groups is 1. The van der Waals surface area contributed by atoms with Crippen LogP contribution >= 0.6 is 0 Å². The molecule has 0 atom stereocenters. The number of anilines is 1. The number of hydrogen-bond acceptors (Lipinski definition) is 2. The standard InChI is InChI=1S/C16H14FNO2/c17-13-2-4-14(5-3-13)18-16(19)10-11-1-6-15-12(9-11)7-8-20-15/h1-6,9H,7-8,10H2,(H,18,19). The molecule has 0 radical (unpaired) electrons. The van der Waals surface area contributed by atoms with Crippen LogP contribution in [0.4, 0.5) is 10.1 Å². The number of rotatable bonds is 3. The molecule has 3 nitrogen and oxygen atoms in total. The van der Waals surface area contributed by atoms with Crippen LogP contribution in [0, 0.1) is 5.82 Å². The van der Waals surface area contributed by atoms with Gasteiger partial charge >= 0.3 is 0 Å². The van der Waals surface area contributed by atoms with Crippen molar-refractivity contribution >= 4 is 11.6 Å². The Balaban J connectivity index is 1.65. The molecule has 1 amide bonds. The molecule has 0 fully saturated rings. The monoisotopic (exact) mass is 271 g/mol. The van der Waals surface area contributed by atoms with Gasteiger partial charge in [-0.15, -0.1) is 0 Å². The molecular weight excluding hydrogens is 257 g/mol. The van der Waals surface area contributed by atoms with Gasteiger partial charge in [0, 0.05) is 12.1 Å². The number of ether oxygens (including phenoxy) is 1. The highest BCUT2D eigenvalue weighted by Gasteiger charge is 2.13. The van der Waals surface area contributed by atoms with E-state index in [1.807, 2.05) is 18.2 Å². The second kappa shape index (κ2) is 5.33. The number of amides is 1. The fourth-order valence-corrected chi connectivity index (χ4v) is 2.27. The Labute approximate surface area is 116 Å². The normalized spacial score (nSPS) is 12.7. The van der Waals surface area contributed by atoms with E-state index >= 15 is 0 Å². The second-order valence-electron chi connectivity index (χ2n) is 4.77. The van der Waals surface area contributed by atoms with E-state index in [9.17, 15) is 9.18 Å². The van der Waals surface area contributed by atoms with E-state index in [4.69, 9.17) is 4.74 Å². The number of nitrogens with one attached hydrogen (secondary N) is 1. The lowest BCUT2D eigenvalue weighted by atomic mass is 10.1. The Kier molecular flexibility index (Phi) is 3.37.